The van der Waals surface area contributed by atoms with Gasteiger partial charge in [0.25, 0.3) is 0 Å². The van der Waals surface area contributed by atoms with Crippen LogP contribution in [0.2, 0.25) is 0 Å². The molecule has 0 bridgehead atoms. The van der Waals surface area contributed by atoms with Gasteiger partial charge >= 0.3 is 0 Å². The Kier molecular flexibility index (Phi) is 3.77. The number of alkyl halides is 1. The average Bonchev–Trinajstić information content (AvgIpc) is 2.78. The van der Waals surface area contributed by atoms with Crippen LogP contribution in [0.15, 0.2) is 29.6 Å². The highest BCUT2D eigenvalue weighted by molar-refractivity contribution is 9.08. The number of benzene rings is 1. The van der Waals surface area contributed by atoms with Gasteiger partial charge in [-0.1, -0.05) is 48.0 Å². The molecule has 0 N–H and O–H groups in total. The molecule has 0 saturated carbocycles. The first kappa shape index (κ1) is 11.8. The minimum absolute atomic E-state index is 0.504. The van der Waals surface area contributed by atoms with E-state index in [9.17, 15) is 0 Å². The molecule has 0 saturated heterocycles. The molecule has 3 heteroatoms. The monoisotopic (exact) mass is 295 g/mol. The van der Waals surface area contributed by atoms with E-state index in [1.165, 1.54) is 16.8 Å². The Balaban J connectivity index is 2.34. The zero-order valence-electron chi connectivity index (χ0n) is 9.40. The van der Waals surface area contributed by atoms with Crippen LogP contribution in [0.4, 0.5) is 0 Å². The highest BCUT2D eigenvalue weighted by Crippen LogP contribution is 2.27. The van der Waals surface area contributed by atoms with E-state index in [2.05, 4.69) is 64.4 Å². The molecule has 84 valence electrons. The highest BCUT2D eigenvalue weighted by Gasteiger charge is 2.07. The van der Waals surface area contributed by atoms with Gasteiger partial charge < -0.3 is 0 Å². The molecule has 1 aromatic heterocycles. The summed E-state index contributed by atoms with van der Waals surface area (Å²) in [6.07, 6.45) is 0. The Morgan fingerprint density at radius 3 is 2.81 bits per heavy atom. The maximum atomic E-state index is 4.66. The summed E-state index contributed by atoms with van der Waals surface area (Å²) in [7, 11) is 0. The summed E-state index contributed by atoms with van der Waals surface area (Å²) in [5.41, 5.74) is 3.69. The van der Waals surface area contributed by atoms with Gasteiger partial charge in [0.1, 0.15) is 5.01 Å². The second kappa shape index (κ2) is 5.11. The minimum Gasteiger partial charge on any atom is -0.241 e. The Hall–Kier alpha value is -0.670. The number of hydrogen-bond donors (Lipinski definition) is 0. The minimum atomic E-state index is 0.504. The van der Waals surface area contributed by atoms with Crippen molar-refractivity contribution in [1.82, 2.24) is 4.98 Å². The third kappa shape index (κ3) is 2.53. The number of halogens is 1. The molecule has 0 aliphatic rings. The van der Waals surface area contributed by atoms with Gasteiger partial charge in [0.05, 0.1) is 5.69 Å². The molecular formula is C13H14BrNS. The van der Waals surface area contributed by atoms with E-state index in [-0.39, 0.29) is 0 Å². The molecular weight excluding hydrogens is 282 g/mol. The van der Waals surface area contributed by atoms with Crippen LogP contribution < -0.4 is 0 Å². The van der Waals surface area contributed by atoms with Crippen LogP contribution >= 0.6 is 27.3 Å². The molecule has 0 atom stereocenters. The molecule has 0 amide bonds. The molecule has 0 radical (unpaired) electrons. The largest absolute Gasteiger partial charge is 0.241 e. The Bertz CT molecular complexity index is 476. The van der Waals surface area contributed by atoms with Crippen molar-refractivity contribution in [2.45, 2.75) is 25.1 Å². The van der Waals surface area contributed by atoms with Crippen molar-refractivity contribution >= 4 is 27.3 Å². The Labute approximate surface area is 109 Å². The van der Waals surface area contributed by atoms with E-state index in [1.54, 1.807) is 11.3 Å². The molecule has 1 heterocycles. The number of nitrogens with zero attached hydrogens (tertiary/aromatic N) is 1. The average molecular weight is 296 g/mol. The first-order valence-corrected chi connectivity index (χ1v) is 7.31. The first-order chi connectivity index (χ1) is 7.70. The van der Waals surface area contributed by atoms with Crippen LogP contribution in [0.5, 0.6) is 0 Å². The van der Waals surface area contributed by atoms with Crippen LogP contribution in [-0.4, -0.2) is 4.98 Å². The smallest absolute Gasteiger partial charge is 0.123 e. The molecule has 1 nitrogen and oxygen atoms in total. The summed E-state index contributed by atoms with van der Waals surface area (Å²) in [5, 5.41) is 4.16. The molecule has 0 unspecified atom stereocenters. The van der Waals surface area contributed by atoms with Gasteiger partial charge in [0.15, 0.2) is 0 Å². The molecule has 16 heavy (non-hydrogen) atoms. The van der Waals surface area contributed by atoms with E-state index >= 15 is 0 Å². The van der Waals surface area contributed by atoms with Gasteiger partial charge in [-0.05, 0) is 17.5 Å². The highest BCUT2D eigenvalue weighted by atomic mass is 79.9. The van der Waals surface area contributed by atoms with E-state index in [0.717, 1.165) is 10.3 Å². The van der Waals surface area contributed by atoms with Crippen LogP contribution in [0.3, 0.4) is 0 Å². The van der Waals surface area contributed by atoms with Crippen molar-refractivity contribution in [3.8, 4) is 10.6 Å². The Morgan fingerprint density at radius 1 is 1.38 bits per heavy atom. The SMILES string of the molecule is CC(C)c1csc(-c2cccc(CBr)c2)n1. The predicted molar refractivity (Wildman–Crippen MR) is 74.3 cm³/mol. The van der Waals surface area contributed by atoms with Gasteiger partial charge in [0.2, 0.25) is 0 Å². The summed E-state index contributed by atoms with van der Waals surface area (Å²) in [6, 6.07) is 8.52. The number of aromatic nitrogens is 1. The van der Waals surface area contributed by atoms with Crippen LogP contribution in [0.25, 0.3) is 10.6 Å². The lowest BCUT2D eigenvalue weighted by Crippen LogP contribution is -1.87. The molecule has 2 aromatic rings. The van der Waals surface area contributed by atoms with E-state index in [0.29, 0.717) is 5.92 Å². The van der Waals surface area contributed by atoms with E-state index < -0.39 is 0 Å². The molecule has 1 aromatic carbocycles. The maximum absolute atomic E-state index is 4.66. The topological polar surface area (TPSA) is 12.9 Å². The molecule has 2 rings (SSSR count). The summed E-state index contributed by atoms with van der Waals surface area (Å²) in [5.74, 6) is 0.504. The quantitative estimate of drug-likeness (QED) is 0.739. The van der Waals surface area contributed by atoms with Crippen molar-refractivity contribution in [3.05, 3.63) is 40.9 Å². The molecule has 0 aliphatic carbocycles. The zero-order chi connectivity index (χ0) is 11.5. The van der Waals surface area contributed by atoms with Gasteiger partial charge in [-0.25, -0.2) is 4.98 Å². The normalized spacial score (nSPS) is 11.0. The third-order valence-electron chi connectivity index (χ3n) is 2.44. The fourth-order valence-corrected chi connectivity index (χ4v) is 2.80. The predicted octanol–water partition coefficient (Wildman–Crippen LogP) is 4.83. The molecule has 0 fully saturated rings. The number of rotatable bonds is 3. The van der Waals surface area contributed by atoms with Crippen molar-refractivity contribution in [3.63, 3.8) is 0 Å². The number of thiazole rings is 1. The molecule has 0 aliphatic heterocycles. The second-order valence-corrected chi connectivity index (χ2v) is 5.49. The zero-order valence-corrected chi connectivity index (χ0v) is 11.8. The molecule has 0 spiro atoms. The van der Waals surface area contributed by atoms with Gasteiger partial charge in [-0.3, -0.25) is 0 Å². The lowest BCUT2D eigenvalue weighted by molar-refractivity contribution is 0.834. The van der Waals surface area contributed by atoms with Crippen molar-refractivity contribution in [1.29, 1.82) is 0 Å². The van der Waals surface area contributed by atoms with Gasteiger partial charge in [-0.2, -0.15) is 0 Å². The van der Waals surface area contributed by atoms with Crippen molar-refractivity contribution < 1.29 is 0 Å². The van der Waals surface area contributed by atoms with Crippen LogP contribution in [-0.2, 0) is 5.33 Å². The van der Waals surface area contributed by atoms with Crippen molar-refractivity contribution in [2.75, 3.05) is 0 Å². The van der Waals surface area contributed by atoms with Crippen LogP contribution in [0.1, 0.15) is 31.0 Å². The summed E-state index contributed by atoms with van der Waals surface area (Å²) in [6.45, 7) is 4.35. The summed E-state index contributed by atoms with van der Waals surface area (Å²) in [4.78, 5) is 4.66. The lowest BCUT2D eigenvalue weighted by Gasteiger charge is -2.00. The van der Waals surface area contributed by atoms with Crippen molar-refractivity contribution in [2.24, 2.45) is 0 Å². The summed E-state index contributed by atoms with van der Waals surface area (Å²) < 4.78 is 0. The lowest BCUT2D eigenvalue weighted by atomic mass is 10.1. The van der Waals surface area contributed by atoms with Gasteiger partial charge in [-0.15, -0.1) is 11.3 Å². The maximum Gasteiger partial charge on any atom is 0.123 e. The second-order valence-electron chi connectivity index (χ2n) is 4.07. The summed E-state index contributed by atoms with van der Waals surface area (Å²) >= 11 is 5.20. The Morgan fingerprint density at radius 2 is 2.19 bits per heavy atom. The van der Waals surface area contributed by atoms with Gasteiger partial charge in [0, 0.05) is 16.3 Å². The first-order valence-electron chi connectivity index (χ1n) is 5.31. The van der Waals surface area contributed by atoms with E-state index in [4.69, 9.17) is 0 Å². The fraction of sp³-hybridized carbons (Fsp3) is 0.308. The van der Waals surface area contributed by atoms with Crippen LogP contribution in [0, 0.1) is 0 Å². The standard InChI is InChI=1S/C13H14BrNS/c1-9(2)12-8-16-13(15-12)11-5-3-4-10(6-11)7-14/h3-6,8-9H,7H2,1-2H3. The van der Waals surface area contributed by atoms with E-state index in [1.807, 2.05) is 0 Å². The fourth-order valence-electron chi connectivity index (χ4n) is 1.47. The number of hydrogen-bond acceptors (Lipinski definition) is 2. The third-order valence-corrected chi connectivity index (χ3v) is 4.00.